The summed E-state index contributed by atoms with van der Waals surface area (Å²) in [6, 6.07) is 8.89. The molecule has 0 aliphatic heterocycles. The zero-order valence-electron chi connectivity index (χ0n) is 10.5. The van der Waals surface area contributed by atoms with Crippen LogP contribution in [0.5, 0.6) is 0 Å². The Bertz CT molecular complexity index is 847. The molecule has 0 bridgehead atoms. The van der Waals surface area contributed by atoms with E-state index in [2.05, 4.69) is 4.72 Å². The van der Waals surface area contributed by atoms with Crippen LogP contribution in [0.1, 0.15) is 5.56 Å². The zero-order chi connectivity index (χ0) is 15.6. The Kier molecular flexibility index (Phi) is 4.02. The zero-order valence-corrected chi connectivity index (χ0v) is 12.0. The number of nitrogens with two attached hydrogens (primary N) is 1. The van der Waals surface area contributed by atoms with Gasteiger partial charge in [0.05, 0.1) is 16.9 Å². The number of hydrogen-bond donors (Lipinski definition) is 2. The molecule has 0 saturated heterocycles. The van der Waals surface area contributed by atoms with E-state index in [0.29, 0.717) is 5.02 Å². The van der Waals surface area contributed by atoms with Gasteiger partial charge in [0.2, 0.25) is 0 Å². The predicted octanol–water partition coefficient (Wildman–Crippen LogP) is 2.73. The third-order valence-electron chi connectivity index (χ3n) is 2.60. The van der Waals surface area contributed by atoms with Gasteiger partial charge in [-0.2, -0.15) is 5.26 Å². The van der Waals surface area contributed by atoms with Crippen molar-refractivity contribution in [2.45, 2.75) is 4.90 Å². The molecule has 0 aliphatic rings. The second-order valence-corrected chi connectivity index (χ2v) is 6.18. The first-order valence-electron chi connectivity index (χ1n) is 5.61. The van der Waals surface area contributed by atoms with Gasteiger partial charge in [-0.3, -0.25) is 4.72 Å². The fourth-order valence-electron chi connectivity index (χ4n) is 1.65. The molecule has 8 heteroatoms. The molecule has 21 heavy (non-hydrogen) atoms. The van der Waals surface area contributed by atoms with E-state index in [9.17, 15) is 12.8 Å². The van der Waals surface area contributed by atoms with Crippen molar-refractivity contribution >= 4 is 33.0 Å². The summed E-state index contributed by atoms with van der Waals surface area (Å²) in [4.78, 5) is -0.158. The third kappa shape index (κ3) is 3.24. The average Bonchev–Trinajstić information content (AvgIpc) is 2.40. The summed E-state index contributed by atoms with van der Waals surface area (Å²) in [5.41, 5.74) is 5.40. The first kappa shape index (κ1) is 15.1. The Balaban J connectivity index is 2.40. The van der Waals surface area contributed by atoms with Crippen molar-refractivity contribution in [3.63, 3.8) is 0 Å². The lowest BCUT2D eigenvalue weighted by Crippen LogP contribution is -2.15. The maximum Gasteiger partial charge on any atom is 0.263 e. The number of nitrogens with one attached hydrogen (secondary N) is 1. The van der Waals surface area contributed by atoms with E-state index in [-0.39, 0.29) is 21.8 Å². The molecule has 0 heterocycles. The number of hydrogen-bond acceptors (Lipinski definition) is 4. The molecule has 0 atom stereocenters. The third-order valence-corrected chi connectivity index (χ3v) is 4.29. The number of nitrogens with zero attached hydrogens (tertiary/aromatic N) is 1. The molecule has 5 nitrogen and oxygen atoms in total. The van der Waals surface area contributed by atoms with Gasteiger partial charge in [0.15, 0.2) is 0 Å². The summed E-state index contributed by atoms with van der Waals surface area (Å²) >= 11 is 5.71. The summed E-state index contributed by atoms with van der Waals surface area (Å²) in [6.07, 6.45) is 0. The van der Waals surface area contributed by atoms with Gasteiger partial charge in [-0.25, -0.2) is 12.8 Å². The largest absolute Gasteiger partial charge is 0.398 e. The minimum absolute atomic E-state index is 0.0161. The Labute approximate surface area is 125 Å². The Morgan fingerprint density at radius 2 is 1.95 bits per heavy atom. The Hall–Kier alpha value is -2.30. The van der Waals surface area contributed by atoms with Gasteiger partial charge in [0.1, 0.15) is 16.8 Å². The van der Waals surface area contributed by atoms with Crippen LogP contribution < -0.4 is 10.5 Å². The van der Waals surface area contributed by atoms with E-state index in [1.54, 1.807) is 6.07 Å². The molecular weight excluding hydrogens is 317 g/mol. The molecule has 2 aromatic rings. The minimum Gasteiger partial charge on any atom is -0.398 e. The van der Waals surface area contributed by atoms with Gasteiger partial charge < -0.3 is 5.73 Å². The van der Waals surface area contributed by atoms with Gasteiger partial charge in [0, 0.05) is 5.02 Å². The van der Waals surface area contributed by atoms with Crippen LogP contribution in [-0.2, 0) is 10.0 Å². The molecule has 0 aliphatic carbocycles. The molecule has 0 aromatic heterocycles. The molecule has 2 aromatic carbocycles. The van der Waals surface area contributed by atoms with Gasteiger partial charge in [-0.1, -0.05) is 11.6 Å². The summed E-state index contributed by atoms with van der Waals surface area (Å²) in [6.45, 7) is 0. The Morgan fingerprint density at radius 1 is 1.24 bits per heavy atom. The van der Waals surface area contributed by atoms with Gasteiger partial charge in [-0.15, -0.1) is 0 Å². The number of nitriles is 1. The van der Waals surface area contributed by atoms with Crippen LogP contribution in [0.25, 0.3) is 0 Å². The monoisotopic (exact) mass is 325 g/mol. The van der Waals surface area contributed by atoms with Crippen molar-refractivity contribution < 1.29 is 12.8 Å². The summed E-state index contributed by atoms with van der Waals surface area (Å²) in [7, 11) is -3.96. The number of rotatable bonds is 3. The molecular formula is C13H9ClFN3O2S. The fourth-order valence-corrected chi connectivity index (χ4v) is 2.99. The second-order valence-electron chi connectivity index (χ2n) is 4.09. The van der Waals surface area contributed by atoms with Crippen LogP contribution >= 0.6 is 11.6 Å². The minimum atomic E-state index is -3.96. The van der Waals surface area contributed by atoms with Gasteiger partial charge >= 0.3 is 0 Å². The standard InChI is InChI=1S/C13H9ClFN3O2S/c14-9-1-4-13(12(17)6-9)21(19,20)18-10-2-3-11(15)8(5-10)7-16/h1-6,18H,17H2. The lowest BCUT2D eigenvalue weighted by molar-refractivity contribution is 0.601. The van der Waals surface area contributed by atoms with E-state index >= 15 is 0 Å². The van der Waals surface area contributed by atoms with Crippen molar-refractivity contribution in [2.24, 2.45) is 0 Å². The molecule has 0 spiro atoms. The van der Waals surface area contributed by atoms with Crippen molar-refractivity contribution in [2.75, 3.05) is 10.5 Å². The van der Waals surface area contributed by atoms with E-state index in [1.165, 1.54) is 24.3 Å². The van der Waals surface area contributed by atoms with Crippen molar-refractivity contribution in [1.29, 1.82) is 5.26 Å². The molecule has 2 rings (SSSR count). The van der Waals surface area contributed by atoms with Crippen LogP contribution in [0.4, 0.5) is 15.8 Å². The van der Waals surface area contributed by atoms with Crippen molar-refractivity contribution in [1.82, 2.24) is 0 Å². The number of halogens is 2. The average molecular weight is 326 g/mol. The van der Waals surface area contributed by atoms with Crippen LogP contribution in [0.2, 0.25) is 5.02 Å². The molecule has 3 N–H and O–H groups in total. The van der Waals surface area contributed by atoms with Crippen LogP contribution in [-0.4, -0.2) is 8.42 Å². The van der Waals surface area contributed by atoms with Gasteiger partial charge in [0.25, 0.3) is 10.0 Å². The number of anilines is 2. The highest BCUT2D eigenvalue weighted by Crippen LogP contribution is 2.25. The highest BCUT2D eigenvalue weighted by molar-refractivity contribution is 7.92. The lowest BCUT2D eigenvalue weighted by Gasteiger charge is -2.10. The second kappa shape index (κ2) is 5.60. The van der Waals surface area contributed by atoms with Crippen LogP contribution in [0, 0.1) is 17.1 Å². The number of sulfonamides is 1. The van der Waals surface area contributed by atoms with Crippen LogP contribution in [0.3, 0.4) is 0 Å². The molecule has 0 fully saturated rings. The van der Waals surface area contributed by atoms with Gasteiger partial charge in [-0.05, 0) is 36.4 Å². The van der Waals surface area contributed by atoms with Crippen molar-refractivity contribution in [3.05, 3.63) is 52.8 Å². The van der Waals surface area contributed by atoms with E-state index in [0.717, 1.165) is 12.1 Å². The van der Waals surface area contributed by atoms with E-state index in [4.69, 9.17) is 22.6 Å². The van der Waals surface area contributed by atoms with Crippen molar-refractivity contribution in [3.8, 4) is 6.07 Å². The molecule has 0 saturated carbocycles. The molecule has 0 unspecified atom stereocenters. The normalized spacial score (nSPS) is 10.9. The lowest BCUT2D eigenvalue weighted by atomic mass is 10.2. The smallest absolute Gasteiger partial charge is 0.263 e. The summed E-state index contributed by atoms with van der Waals surface area (Å²) in [5.74, 6) is -0.730. The molecule has 108 valence electrons. The Morgan fingerprint density at radius 3 is 2.57 bits per heavy atom. The first-order valence-corrected chi connectivity index (χ1v) is 7.47. The summed E-state index contributed by atoms with van der Waals surface area (Å²) < 4.78 is 39.8. The topological polar surface area (TPSA) is 96.0 Å². The first-order chi connectivity index (χ1) is 9.83. The highest BCUT2D eigenvalue weighted by atomic mass is 35.5. The molecule has 0 amide bonds. The molecule has 0 radical (unpaired) electrons. The predicted molar refractivity (Wildman–Crippen MR) is 77.8 cm³/mol. The fraction of sp³-hybridized carbons (Fsp3) is 0. The van der Waals surface area contributed by atoms with E-state index < -0.39 is 15.8 Å². The summed E-state index contributed by atoms with van der Waals surface area (Å²) in [5, 5.41) is 9.04. The maximum absolute atomic E-state index is 13.2. The highest BCUT2D eigenvalue weighted by Gasteiger charge is 2.18. The maximum atomic E-state index is 13.2. The van der Waals surface area contributed by atoms with Crippen LogP contribution in [0.15, 0.2) is 41.3 Å². The SMILES string of the molecule is N#Cc1cc(NS(=O)(=O)c2ccc(Cl)cc2N)ccc1F. The van der Waals surface area contributed by atoms with E-state index in [1.807, 2.05) is 0 Å². The quantitative estimate of drug-likeness (QED) is 0.848. The number of benzene rings is 2. The number of nitrogen functional groups attached to an aromatic ring is 1.